The standard InChI is InChI=1S/C17H14F3N3O3/c1-26-23-8-10(9-5-6-11(18)12(19)7-9)15(17(23)25)16(24)22-14-4-2-3-13(20)21-14/h2-7,10,15H,8H2,1H3,(H,21,22,24)/t10-,15+/m1/s1. The molecule has 0 aliphatic carbocycles. The number of nitrogens with zero attached hydrogens (tertiary/aromatic N) is 2. The van der Waals surface area contributed by atoms with Gasteiger partial charge in [0.05, 0.1) is 13.7 Å². The number of benzene rings is 1. The molecule has 0 unspecified atom stereocenters. The summed E-state index contributed by atoms with van der Waals surface area (Å²) in [7, 11) is 1.26. The second-order valence-corrected chi connectivity index (χ2v) is 5.67. The predicted octanol–water partition coefficient (Wildman–Crippen LogP) is 2.24. The van der Waals surface area contributed by atoms with E-state index in [1.54, 1.807) is 0 Å². The summed E-state index contributed by atoms with van der Waals surface area (Å²) >= 11 is 0. The first kappa shape index (κ1) is 17.9. The molecule has 1 aliphatic rings. The molecule has 9 heteroatoms. The van der Waals surface area contributed by atoms with Crippen molar-refractivity contribution in [2.45, 2.75) is 5.92 Å². The number of pyridine rings is 1. The molecular formula is C17H14F3N3O3. The Bertz CT molecular complexity index is 862. The van der Waals surface area contributed by atoms with E-state index in [9.17, 15) is 22.8 Å². The Morgan fingerprint density at radius 3 is 2.65 bits per heavy atom. The Balaban J connectivity index is 1.91. The number of carbonyl (C=O) groups is 2. The van der Waals surface area contributed by atoms with Crippen LogP contribution in [0.5, 0.6) is 0 Å². The van der Waals surface area contributed by atoms with Crippen molar-refractivity contribution >= 4 is 17.6 Å². The van der Waals surface area contributed by atoms with E-state index >= 15 is 0 Å². The molecule has 1 aromatic carbocycles. The molecule has 0 saturated carbocycles. The molecule has 1 saturated heterocycles. The molecule has 2 atom stereocenters. The summed E-state index contributed by atoms with van der Waals surface area (Å²) in [4.78, 5) is 33.5. The lowest BCUT2D eigenvalue weighted by Gasteiger charge is -2.16. The lowest BCUT2D eigenvalue weighted by atomic mass is 9.88. The van der Waals surface area contributed by atoms with Crippen LogP contribution in [-0.2, 0) is 14.4 Å². The fraction of sp³-hybridized carbons (Fsp3) is 0.235. The summed E-state index contributed by atoms with van der Waals surface area (Å²) in [5, 5.41) is 3.33. The number of hydrogen-bond acceptors (Lipinski definition) is 4. The van der Waals surface area contributed by atoms with E-state index in [2.05, 4.69) is 10.3 Å². The van der Waals surface area contributed by atoms with Crippen LogP contribution in [0.1, 0.15) is 11.5 Å². The van der Waals surface area contributed by atoms with Crippen LogP contribution in [-0.4, -0.2) is 35.5 Å². The number of amides is 2. The van der Waals surface area contributed by atoms with Crippen molar-refractivity contribution in [3.63, 3.8) is 0 Å². The number of hydrogen-bond donors (Lipinski definition) is 1. The van der Waals surface area contributed by atoms with Gasteiger partial charge in [-0.2, -0.15) is 4.39 Å². The highest BCUT2D eigenvalue weighted by molar-refractivity contribution is 6.08. The second-order valence-electron chi connectivity index (χ2n) is 5.67. The molecule has 0 radical (unpaired) electrons. The molecule has 1 fully saturated rings. The number of hydroxylamine groups is 2. The number of carbonyl (C=O) groups excluding carboxylic acids is 2. The molecule has 1 aliphatic heterocycles. The molecule has 2 heterocycles. The zero-order chi connectivity index (χ0) is 18.8. The van der Waals surface area contributed by atoms with Crippen LogP contribution in [0.4, 0.5) is 19.0 Å². The lowest BCUT2D eigenvalue weighted by molar-refractivity contribution is -0.170. The number of aromatic nitrogens is 1. The summed E-state index contributed by atoms with van der Waals surface area (Å²) in [5.74, 6) is -6.41. The van der Waals surface area contributed by atoms with Crippen LogP contribution in [0.2, 0.25) is 0 Å². The highest BCUT2D eigenvalue weighted by Crippen LogP contribution is 2.35. The number of nitrogens with one attached hydrogen (secondary N) is 1. The van der Waals surface area contributed by atoms with Gasteiger partial charge in [0.15, 0.2) is 11.6 Å². The van der Waals surface area contributed by atoms with Gasteiger partial charge < -0.3 is 5.32 Å². The van der Waals surface area contributed by atoms with Crippen molar-refractivity contribution in [3.05, 3.63) is 59.5 Å². The fourth-order valence-corrected chi connectivity index (χ4v) is 2.88. The molecular weight excluding hydrogens is 351 g/mol. The van der Waals surface area contributed by atoms with Crippen LogP contribution in [0, 0.1) is 23.5 Å². The van der Waals surface area contributed by atoms with E-state index < -0.39 is 41.2 Å². The topological polar surface area (TPSA) is 71.5 Å². The Kier molecular flexibility index (Phi) is 4.90. The molecule has 1 aromatic heterocycles. The maximum atomic E-state index is 13.6. The SMILES string of the molecule is CON1C[C@H](c2ccc(F)c(F)c2)[C@@H](C(=O)Nc2cccc(F)n2)C1=O. The fourth-order valence-electron chi connectivity index (χ4n) is 2.88. The molecule has 136 valence electrons. The zero-order valence-electron chi connectivity index (χ0n) is 13.6. The lowest BCUT2D eigenvalue weighted by Crippen LogP contribution is -2.33. The van der Waals surface area contributed by atoms with Gasteiger partial charge in [-0.05, 0) is 29.8 Å². The quantitative estimate of drug-likeness (QED) is 0.666. The first-order valence-corrected chi connectivity index (χ1v) is 7.64. The molecule has 0 bridgehead atoms. The molecule has 2 aromatic rings. The number of halogens is 3. The first-order chi connectivity index (χ1) is 12.4. The third-order valence-corrected chi connectivity index (χ3v) is 4.12. The van der Waals surface area contributed by atoms with E-state index in [0.29, 0.717) is 0 Å². The maximum Gasteiger partial charge on any atom is 0.259 e. The van der Waals surface area contributed by atoms with Crippen molar-refractivity contribution in [1.82, 2.24) is 10.0 Å². The monoisotopic (exact) mass is 365 g/mol. The highest BCUT2D eigenvalue weighted by atomic mass is 19.2. The van der Waals surface area contributed by atoms with Crippen molar-refractivity contribution in [2.24, 2.45) is 5.92 Å². The average Bonchev–Trinajstić information content (AvgIpc) is 2.94. The largest absolute Gasteiger partial charge is 0.310 e. The van der Waals surface area contributed by atoms with Gasteiger partial charge in [0, 0.05) is 5.92 Å². The van der Waals surface area contributed by atoms with Crippen LogP contribution >= 0.6 is 0 Å². The third kappa shape index (κ3) is 3.38. The van der Waals surface area contributed by atoms with Crippen LogP contribution < -0.4 is 5.32 Å². The van der Waals surface area contributed by atoms with E-state index in [0.717, 1.165) is 23.3 Å². The highest BCUT2D eigenvalue weighted by Gasteiger charge is 2.46. The van der Waals surface area contributed by atoms with Crippen LogP contribution in [0.3, 0.4) is 0 Å². The van der Waals surface area contributed by atoms with Gasteiger partial charge in [0.1, 0.15) is 11.7 Å². The van der Waals surface area contributed by atoms with E-state index in [1.807, 2.05) is 0 Å². The minimum atomic E-state index is -1.26. The maximum absolute atomic E-state index is 13.6. The number of anilines is 1. The van der Waals surface area contributed by atoms with Gasteiger partial charge in [0.2, 0.25) is 11.9 Å². The first-order valence-electron chi connectivity index (χ1n) is 7.64. The summed E-state index contributed by atoms with van der Waals surface area (Å²) in [5.41, 5.74) is 0.268. The van der Waals surface area contributed by atoms with Gasteiger partial charge in [-0.3, -0.25) is 14.4 Å². The van der Waals surface area contributed by atoms with Gasteiger partial charge in [0.25, 0.3) is 5.91 Å². The smallest absolute Gasteiger partial charge is 0.259 e. The van der Waals surface area contributed by atoms with Crippen LogP contribution in [0.15, 0.2) is 36.4 Å². The summed E-state index contributed by atoms with van der Waals surface area (Å²) in [6, 6.07) is 6.98. The summed E-state index contributed by atoms with van der Waals surface area (Å²) in [6.45, 7) is -0.0188. The van der Waals surface area contributed by atoms with Gasteiger partial charge in [-0.25, -0.2) is 18.8 Å². The van der Waals surface area contributed by atoms with Crippen molar-refractivity contribution in [2.75, 3.05) is 19.0 Å². The average molecular weight is 365 g/mol. The molecule has 1 N–H and O–H groups in total. The Morgan fingerprint density at radius 1 is 1.23 bits per heavy atom. The van der Waals surface area contributed by atoms with Gasteiger partial charge in [-0.1, -0.05) is 12.1 Å². The Labute approximate surface area is 146 Å². The van der Waals surface area contributed by atoms with Crippen molar-refractivity contribution < 1.29 is 27.6 Å². The minimum Gasteiger partial charge on any atom is -0.310 e. The zero-order valence-corrected chi connectivity index (χ0v) is 13.6. The molecule has 2 amide bonds. The number of rotatable bonds is 4. The van der Waals surface area contributed by atoms with E-state index in [1.165, 1.54) is 25.3 Å². The Morgan fingerprint density at radius 2 is 2.00 bits per heavy atom. The second kappa shape index (κ2) is 7.12. The minimum absolute atomic E-state index is 0.0188. The van der Waals surface area contributed by atoms with Crippen molar-refractivity contribution in [1.29, 1.82) is 0 Å². The van der Waals surface area contributed by atoms with E-state index in [-0.39, 0.29) is 17.9 Å². The Hall–Kier alpha value is -2.94. The molecule has 26 heavy (non-hydrogen) atoms. The third-order valence-electron chi connectivity index (χ3n) is 4.12. The molecule has 0 spiro atoms. The van der Waals surface area contributed by atoms with Gasteiger partial charge >= 0.3 is 0 Å². The molecule has 6 nitrogen and oxygen atoms in total. The molecule has 3 rings (SSSR count). The summed E-state index contributed by atoms with van der Waals surface area (Å²) < 4.78 is 39.9. The normalized spacial score (nSPS) is 19.7. The van der Waals surface area contributed by atoms with Gasteiger partial charge in [-0.15, -0.1) is 0 Å². The summed E-state index contributed by atoms with van der Waals surface area (Å²) in [6.07, 6.45) is 0. The predicted molar refractivity (Wildman–Crippen MR) is 84.1 cm³/mol. The van der Waals surface area contributed by atoms with E-state index in [4.69, 9.17) is 4.84 Å². The van der Waals surface area contributed by atoms with Crippen molar-refractivity contribution in [3.8, 4) is 0 Å². The van der Waals surface area contributed by atoms with Crippen LogP contribution in [0.25, 0.3) is 0 Å².